The Hall–Kier alpha value is -3.65. The third-order valence-electron chi connectivity index (χ3n) is 5.87. The normalized spacial score (nSPS) is 13.0. The molecule has 0 radical (unpaired) electrons. The van der Waals surface area contributed by atoms with Crippen molar-refractivity contribution in [1.29, 1.82) is 0 Å². The van der Waals surface area contributed by atoms with Gasteiger partial charge in [0.25, 0.3) is 0 Å². The fourth-order valence-corrected chi connectivity index (χ4v) is 4.34. The Morgan fingerprint density at radius 3 is 2.10 bits per heavy atom. The smallest absolute Gasteiger partial charge is 0.193 e. The highest BCUT2D eigenvalue weighted by Crippen LogP contribution is 2.36. The molecular formula is C28H23NO. The molecule has 4 aromatic carbocycles. The van der Waals surface area contributed by atoms with Gasteiger partial charge in [-0.05, 0) is 29.2 Å². The number of fused-ring (bicyclic) bond motifs is 1. The molecule has 1 heterocycles. The van der Waals surface area contributed by atoms with Gasteiger partial charge < -0.3 is 4.90 Å². The quantitative estimate of drug-likeness (QED) is 0.390. The Balaban J connectivity index is 1.57. The molecule has 1 aliphatic heterocycles. The Bertz CT molecular complexity index is 1200. The Labute approximate surface area is 177 Å². The third-order valence-corrected chi connectivity index (χ3v) is 5.87. The summed E-state index contributed by atoms with van der Waals surface area (Å²) in [7, 11) is 0. The molecule has 146 valence electrons. The maximum absolute atomic E-state index is 13.3. The van der Waals surface area contributed by atoms with Gasteiger partial charge in [-0.15, -0.1) is 0 Å². The van der Waals surface area contributed by atoms with Crippen molar-refractivity contribution in [2.24, 2.45) is 0 Å². The number of benzene rings is 4. The fraction of sp³-hybridized carbons (Fsp3) is 0.107. The molecule has 0 saturated heterocycles. The van der Waals surface area contributed by atoms with Crippen molar-refractivity contribution in [2.75, 3.05) is 11.4 Å². The van der Waals surface area contributed by atoms with Crippen molar-refractivity contribution < 1.29 is 4.79 Å². The minimum absolute atomic E-state index is 0.0602. The van der Waals surface area contributed by atoms with Crippen molar-refractivity contribution in [2.45, 2.75) is 13.0 Å². The molecule has 0 bridgehead atoms. The second-order valence-electron chi connectivity index (χ2n) is 7.70. The van der Waals surface area contributed by atoms with Crippen LogP contribution in [0, 0.1) is 0 Å². The van der Waals surface area contributed by atoms with Crippen LogP contribution in [0.15, 0.2) is 103 Å². The first-order chi connectivity index (χ1) is 14.8. The van der Waals surface area contributed by atoms with Gasteiger partial charge in [0.2, 0.25) is 0 Å². The van der Waals surface area contributed by atoms with Crippen molar-refractivity contribution in [3.63, 3.8) is 0 Å². The van der Waals surface area contributed by atoms with Crippen LogP contribution in [-0.2, 0) is 13.0 Å². The molecule has 0 atom stereocenters. The number of carbonyl (C=O) groups is 1. The SMILES string of the molecule is O=C(c1ccccc1)c1ccccc1-c1ccccc1N1CCc2ccccc2C1. The number of rotatable bonds is 4. The molecule has 0 N–H and O–H groups in total. The van der Waals surface area contributed by atoms with E-state index in [9.17, 15) is 4.79 Å². The van der Waals surface area contributed by atoms with Crippen LogP contribution in [0.25, 0.3) is 11.1 Å². The number of carbonyl (C=O) groups excluding carboxylic acids is 1. The van der Waals surface area contributed by atoms with E-state index in [1.807, 2.05) is 48.5 Å². The van der Waals surface area contributed by atoms with Gasteiger partial charge in [0, 0.05) is 35.5 Å². The van der Waals surface area contributed by atoms with E-state index in [1.54, 1.807) is 0 Å². The van der Waals surface area contributed by atoms with E-state index in [0.29, 0.717) is 5.56 Å². The molecule has 0 aromatic heterocycles. The second kappa shape index (κ2) is 8.00. The van der Waals surface area contributed by atoms with Crippen LogP contribution in [0.1, 0.15) is 27.0 Å². The van der Waals surface area contributed by atoms with Crippen molar-refractivity contribution >= 4 is 11.5 Å². The number of ketones is 1. The molecule has 0 saturated carbocycles. The van der Waals surface area contributed by atoms with Crippen LogP contribution in [0.5, 0.6) is 0 Å². The van der Waals surface area contributed by atoms with Crippen LogP contribution >= 0.6 is 0 Å². The lowest BCUT2D eigenvalue weighted by atomic mass is 9.92. The van der Waals surface area contributed by atoms with Gasteiger partial charge in [0.15, 0.2) is 5.78 Å². The number of para-hydroxylation sites is 1. The van der Waals surface area contributed by atoms with Gasteiger partial charge in [0.1, 0.15) is 0 Å². The van der Waals surface area contributed by atoms with Gasteiger partial charge in [-0.3, -0.25) is 4.79 Å². The maximum Gasteiger partial charge on any atom is 0.193 e. The van der Waals surface area contributed by atoms with Crippen LogP contribution in [0.4, 0.5) is 5.69 Å². The van der Waals surface area contributed by atoms with E-state index in [-0.39, 0.29) is 5.78 Å². The molecule has 0 unspecified atom stereocenters. The topological polar surface area (TPSA) is 20.3 Å². The molecule has 2 nitrogen and oxygen atoms in total. The largest absolute Gasteiger partial charge is 0.366 e. The lowest BCUT2D eigenvalue weighted by Crippen LogP contribution is -2.30. The van der Waals surface area contributed by atoms with Crippen LogP contribution in [-0.4, -0.2) is 12.3 Å². The molecule has 0 fully saturated rings. The summed E-state index contributed by atoms with van der Waals surface area (Å²) in [4.78, 5) is 15.7. The lowest BCUT2D eigenvalue weighted by molar-refractivity contribution is 0.103. The minimum Gasteiger partial charge on any atom is -0.366 e. The van der Waals surface area contributed by atoms with Gasteiger partial charge in [-0.1, -0.05) is 97.1 Å². The first-order valence-corrected chi connectivity index (χ1v) is 10.4. The van der Waals surface area contributed by atoms with Crippen LogP contribution in [0.2, 0.25) is 0 Å². The van der Waals surface area contributed by atoms with Crippen molar-refractivity contribution in [3.05, 3.63) is 125 Å². The summed E-state index contributed by atoms with van der Waals surface area (Å²) in [5.41, 5.74) is 7.55. The molecule has 0 aliphatic carbocycles. The van der Waals surface area contributed by atoms with Crippen LogP contribution in [0.3, 0.4) is 0 Å². The van der Waals surface area contributed by atoms with Gasteiger partial charge >= 0.3 is 0 Å². The van der Waals surface area contributed by atoms with Gasteiger partial charge in [-0.25, -0.2) is 0 Å². The number of hydrogen-bond donors (Lipinski definition) is 0. The summed E-state index contributed by atoms with van der Waals surface area (Å²) in [5, 5.41) is 0. The zero-order chi connectivity index (χ0) is 20.3. The van der Waals surface area contributed by atoms with E-state index in [0.717, 1.165) is 36.2 Å². The summed E-state index contributed by atoms with van der Waals surface area (Å²) in [6.45, 7) is 1.87. The van der Waals surface area contributed by atoms with E-state index < -0.39 is 0 Å². The zero-order valence-corrected chi connectivity index (χ0v) is 16.8. The van der Waals surface area contributed by atoms with Crippen molar-refractivity contribution in [3.8, 4) is 11.1 Å². The highest BCUT2D eigenvalue weighted by molar-refractivity contribution is 6.13. The first kappa shape index (κ1) is 18.4. The van der Waals surface area contributed by atoms with E-state index in [4.69, 9.17) is 0 Å². The van der Waals surface area contributed by atoms with Crippen molar-refractivity contribution in [1.82, 2.24) is 0 Å². The minimum atomic E-state index is 0.0602. The second-order valence-corrected chi connectivity index (χ2v) is 7.70. The number of anilines is 1. The highest BCUT2D eigenvalue weighted by Gasteiger charge is 2.21. The fourth-order valence-electron chi connectivity index (χ4n) is 4.34. The maximum atomic E-state index is 13.3. The molecule has 4 aromatic rings. The summed E-state index contributed by atoms with van der Waals surface area (Å²) < 4.78 is 0. The van der Waals surface area contributed by atoms with Gasteiger partial charge in [-0.2, -0.15) is 0 Å². The Morgan fingerprint density at radius 2 is 1.27 bits per heavy atom. The Kier molecular flexibility index (Phi) is 4.90. The standard InChI is InChI=1S/C28H23NO/c30-28(22-11-2-1-3-12-22)26-16-7-6-14-24(26)25-15-8-9-17-27(25)29-19-18-21-10-4-5-13-23(21)20-29/h1-17H,18-20H2. The zero-order valence-electron chi connectivity index (χ0n) is 16.8. The van der Waals surface area contributed by atoms with E-state index >= 15 is 0 Å². The number of hydrogen-bond acceptors (Lipinski definition) is 2. The van der Waals surface area contributed by atoms with Gasteiger partial charge in [0.05, 0.1) is 0 Å². The molecular weight excluding hydrogens is 366 g/mol. The van der Waals surface area contributed by atoms with Crippen LogP contribution < -0.4 is 4.90 Å². The highest BCUT2D eigenvalue weighted by atomic mass is 16.1. The molecule has 30 heavy (non-hydrogen) atoms. The summed E-state index contributed by atoms with van der Waals surface area (Å²) >= 11 is 0. The molecule has 0 amide bonds. The molecule has 5 rings (SSSR count). The molecule has 0 spiro atoms. The summed E-state index contributed by atoms with van der Waals surface area (Å²) in [6, 6.07) is 34.6. The average Bonchev–Trinajstić information content (AvgIpc) is 2.84. The summed E-state index contributed by atoms with van der Waals surface area (Å²) in [5.74, 6) is 0.0602. The summed E-state index contributed by atoms with van der Waals surface area (Å²) in [6.07, 6.45) is 1.04. The monoisotopic (exact) mass is 389 g/mol. The molecule has 1 aliphatic rings. The Morgan fingerprint density at radius 1 is 0.633 bits per heavy atom. The molecule has 2 heteroatoms. The van der Waals surface area contributed by atoms with E-state index in [2.05, 4.69) is 59.5 Å². The van der Waals surface area contributed by atoms with E-state index in [1.165, 1.54) is 16.8 Å². The first-order valence-electron chi connectivity index (χ1n) is 10.4. The predicted molar refractivity (Wildman–Crippen MR) is 123 cm³/mol. The predicted octanol–water partition coefficient (Wildman–Crippen LogP) is 6.15. The average molecular weight is 389 g/mol. The number of nitrogens with zero attached hydrogens (tertiary/aromatic N) is 1. The third kappa shape index (κ3) is 3.42. The lowest BCUT2D eigenvalue weighted by Gasteiger charge is -2.32.